The molecule has 1 heterocycles. The van der Waals surface area contributed by atoms with E-state index >= 15 is 0 Å². The molecule has 0 atom stereocenters. The van der Waals surface area contributed by atoms with Gasteiger partial charge in [-0.15, -0.1) is 11.8 Å². The van der Waals surface area contributed by atoms with Gasteiger partial charge in [-0.1, -0.05) is 12.1 Å². The van der Waals surface area contributed by atoms with Gasteiger partial charge in [0.2, 0.25) is 0 Å². The minimum Gasteiger partial charge on any atom is -0.508 e. The quantitative estimate of drug-likeness (QED) is 0.571. The molecule has 0 saturated heterocycles. The second kappa shape index (κ2) is 7.63. The molecule has 0 aliphatic carbocycles. The van der Waals surface area contributed by atoms with Crippen molar-refractivity contribution in [2.45, 2.75) is 5.03 Å². The highest BCUT2D eigenvalue weighted by Crippen LogP contribution is 2.35. The van der Waals surface area contributed by atoms with Crippen molar-refractivity contribution in [3.8, 4) is 22.9 Å². The van der Waals surface area contributed by atoms with Crippen LogP contribution in [0.25, 0.3) is 11.1 Å². The Morgan fingerprint density at radius 3 is 2.65 bits per heavy atom. The summed E-state index contributed by atoms with van der Waals surface area (Å²) in [5, 5.41) is 28.5. The molecule has 118 valence electrons. The lowest BCUT2D eigenvalue weighted by Gasteiger charge is -2.14. The number of aromatic nitrogens is 1. The van der Waals surface area contributed by atoms with E-state index in [0.29, 0.717) is 27.5 Å². The molecule has 2 rings (SSSR count). The summed E-state index contributed by atoms with van der Waals surface area (Å²) in [6.07, 6.45) is 1.56. The van der Waals surface area contributed by atoms with Crippen LogP contribution in [0.5, 0.6) is 5.75 Å². The molecule has 0 aliphatic heterocycles. The first-order chi connectivity index (χ1) is 11.1. The lowest BCUT2D eigenvalue weighted by Crippen LogP contribution is -2.05. The Hall–Kier alpha value is -2.56. The molecule has 0 bridgehead atoms. The van der Waals surface area contributed by atoms with Crippen LogP contribution in [-0.4, -0.2) is 40.8 Å². The number of benzene rings is 1. The van der Waals surface area contributed by atoms with E-state index < -0.39 is 0 Å². The van der Waals surface area contributed by atoms with Crippen molar-refractivity contribution in [1.29, 1.82) is 5.26 Å². The first kappa shape index (κ1) is 16.8. The maximum absolute atomic E-state index is 9.60. The number of aromatic hydroxyl groups is 1. The van der Waals surface area contributed by atoms with Crippen molar-refractivity contribution in [3.05, 3.63) is 35.4 Å². The maximum Gasteiger partial charge on any atom is 0.134 e. The SMILES string of the molecule is CN=Cc1c(N)nc(SCCO)c(C#N)c1-c1ccc(O)cc1. The molecule has 0 radical (unpaired) electrons. The number of phenols is 1. The van der Waals surface area contributed by atoms with Crippen LogP contribution in [-0.2, 0) is 0 Å². The molecule has 0 amide bonds. The van der Waals surface area contributed by atoms with Crippen LogP contribution in [0.1, 0.15) is 11.1 Å². The van der Waals surface area contributed by atoms with Crippen LogP contribution in [0.3, 0.4) is 0 Å². The zero-order chi connectivity index (χ0) is 16.8. The molecule has 0 fully saturated rings. The molecule has 1 aromatic heterocycles. The number of hydrogen-bond donors (Lipinski definition) is 3. The van der Waals surface area contributed by atoms with E-state index in [1.165, 1.54) is 11.8 Å². The third-order valence-electron chi connectivity index (χ3n) is 3.09. The van der Waals surface area contributed by atoms with E-state index in [4.69, 9.17) is 10.8 Å². The van der Waals surface area contributed by atoms with Crippen molar-refractivity contribution in [2.75, 3.05) is 25.1 Å². The molecular formula is C16H16N4O2S. The number of rotatable bonds is 5. The minimum absolute atomic E-state index is 0.0240. The average molecular weight is 328 g/mol. The predicted molar refractivity (Wildman–Crippen MR) is 91.8 cm³/mol. The minimum atomic E-state index is -0.0240. The van der Waals surface area contributed by atoms with Gasteiger partial charge in [-0.25, -0.2) is 4.98 Å². The summed E-state index contributed by atoms with van der Waals surface area (Å²) in [5.41, 5.74) is 8.31. The first-order valence-electron chi connectivity index (χ1n) is 6.81. The highest BCUT2D eigenvalue weighted by molar-refractivity contribution is 7.99. The van der Waals surface area contributed by atoms with Crippen LogP contribution in [0, 0.1) is 11.3 Å². The molecule has 0 spiro atoms. The Balaban J connectivity index is 2.75. The lowest BCUT2D eigenvalue weighted by molar-refractivity contribution is 0.322. The maximum atomic E-state index is 9.60. The summed E-state index contributed by atoms with van der Waals surface area (Å²) < 4.78 is 0. The van der Waals surface area contributed by atoms with Gasteiger partial charge in [-0.3, -0.25) is 4.99 Å². The van der Waals surface area contributed by atoms with Gasteiger partial charge in [0.05, 0.1) is 12.2 Å². The zero-order valence-corrected chi connectivity index (χ0v) is 13.3. The molecular weight excluding hydrogens is 312 g/mol. The van der Waals surface area contributed by atoms with E-state index in [9.17, 15) is 10.4 Å². The third-order valence-corrected chi connectivity index (χ3v) is 4.04. The molecule has 7 heteroatoms. The zero-order valence-electron chi connectivity index (χ0n) is 12.5. The highest BCUT2D eigenvalue weighted by atomic mass is 32.2. The number of thioether (sulfide) groups is 1. The van der Waals surface area contributed by atoms with Gasteiger partial charge in [0.25, 0.3) is 0 Å². The van der Waals surface area contributed by atoms with Gasteiger partial charge < -0.3 is 15.9 Å². The standard InChI is InChI=1S/C16H16N4O2S/c1-19-9-13-14(10-2-4-11(22)5-3-10)12(8-17)16(20-15(13)18)23-7-6-21/h2-5,9,21-22H,6-7H2,1H3,(H2,18,20). The van der Waals surface area contributed by atoms with Crippen LogP contribution in [0.4, 0.5) is 5.82 Å². The van der Waals surface area contributed by atoms with Gasteiger partial charge in [0, 0.05) is 30.1 Å². The van der Waals surface area contributed by atoms with Gasteiger partial charge in [-0.05, 0) is 17.7 Å². The number of aliphatic imine (C=N–C) groups is 1. The van der Waals surface area contributed by atoms with E-state index in [2.05, 4.69) is 16.0 Å². The van der Waals surface area contributed by atoms with Crippen molar-refractivity contribution >= 4 is 23.8 Å². The van der Waals surface area contributed by atoms with Crippen molar-refractivity contribution in [3.63, 3.8) is 0 Å². The van der Waals surface area contributed by atoms with E-state index in [1.54, 1.807) is 37.5 Å². The second-order valence-corrected chi connectivity index (χ2v) is 5.67. The lowest BCUT2D eigenvalue weighted by atomic mass is 9.96. The molecule has 4 N–H and O–H groups in total. The van der Waals surface area contributed by atoms with Gasteiger partial charge in [0.15, 0.2) is 0 Å². The van der Waals surface area contributed by atoms with Crippen LogP contribution >= 0.6 is 11.8 Å². The monoisotopic (exact) mass is 328 g/mol. The summed E-state index contributed by atoms with van der Waals surface area (Å²) in [4.78, 5) is 8.26. The number of nitrogens with two attached hydrogens (primary N) is 1. The predicted octanol–water partition coefficient (Wildman–Crippen LogP) is 2.04. The number of phenolic OH excluding ortho intramolecular Hbond substituents is 1. The summed E-state index contributed by atoms with van der Waals surface area (Å²) in [6.45, 7) is -0.0240. The summed E-state index contributed by atoms with van der Waals surface area (Å²) in [7, 11) is 1.61. The van der Waals surface area contributed by atoms with E-state index in [0.717, 1.165) is 5.56 Å². The number of nitrogen functional groups attached to an aromatic ring is 1. The first-order valence-corrected chi connectivity index (χ1v) is 7.79. The normalized spacial score (nSPS) is 10.8. The molecule has 1 aromatic carbocycles. The Kier molecular flexibility index (Phi) is 5.57. The molecule has 6 nitrogen and oxygen atoms in total. The fraction of sp³-hybridized carbons (Fsp3) is 0.188. The van der Waals surface area contributed by atoms with Crippen LogP contribution in [0.2, 0.25) is 0 Å². The van der Waals surface area contributed by atoms with Crippen molar-refractivity contribution < 1.29 is 10.2 Å². The molecule has 0 aliphatic rings. The van der Waals surface area contributed by atoms with Crippen molar-refractivity contribution in [2.24, 2.45) is 4.99 Å². The number of aliphatic hydroxyl groups is 1. The Labute approximate surface area is 138 Å². The van der Waals surface area contributed by atoms with E-state index in [-0.39, 0.29) is 18.2 Å². The Morgan fingerprint density at radius 2 is 2.09 bits per heavy atom. The summed E-state index contributed by atoms with van der Waals surface area (Å²) in [6, 6.07) is 8.67. The number of anilines is 1. The smallest absolute Gasteiger partial charge is 0.134 e. The number of nitriles is 1. The Morgan fingerprint density at radius 1 is 1.39 bits per heavy atom. The number of aliphatic hydroxyl groups excluding tert-OH is 1. The van der Waals surface area contributed by atoms with Gasteiger partial charge in [-0.2, -0.15) is 5.26 Å². The van der Waals surface area contributed by atoms with E-state index in [1.807, 2.05) is 0 Å². The molecule has 23 heavy (non-hydrogen) atoms. The second-order valence-electron chi connectivity index (χ2n) is 4.58. The molecule has 0 saturated carbocycles. The van der Waals surface area contributed by atoms with Crippen LogP contribution in [0.15, 0.2) is 34.3 Å². The van der Waals surface area contributed by atoms with Gasteiger partial charge >= 0.3 is 0 Å². The van der Waals surface area contributed by atoms with Gasteiger partial charge in [0.1, 0.15) is 22.7 Å². The topological polar surface area (TPSA) is 116 Å². The van der Waals surface area contributed by atoms with Crippen molar-refractivity contribution in [1.82, 2.24) is 4.98 Å². The number of nitrogens with zero attached hydrogens (tertiary/aromatic N) is 3. The highest BCUT2D eigenvalue weighted by Gasteiger charge is 2.19. The fourth-order valence-corrected chi connectivity index (χ4v) is 2.87. The summed E-state index contributed by atoms with van der Waals surface area (Å²) in [5.74, 6) is 0.810. The third kappa shape index (κ3) is 3.62. The largest absolute Gasteiger partial charge is 0.508 e. The van der Waals surface area contributed by atoms with Crippen LogP contribution < -0.4 is 5.73 Å². The number of pyridine rings is 1. The number of hydrogen-bond acceptors (Lipinski definition) is 7. The summed E-state index contributed by atoms with van der Waals surface area (Å²) >= 11 is 1.27. The average Bonchev–Trinajstić information content (AvgIpc) is 2.55. The molecule has 0 unspecified atom stereocenters. The Bertz CT molecular complexity index is 767. The fourth-order valence-electron chi connectivity index (χ4n) is 2.13. The molecule has 2 aromatic rings.